The molecule has 3 aromatic carbocycles. The van der Waals surface area contributed by atoms with Crippen molar-refractivity contribution in [2.24, 2.45) is 0 Å². The number of carbonyl (C=O) groups excluding carboxylic acids is 2. The Hall–Kier alpha value is -3.25. The standard InChI is InChI=1S/C23H15BrFNO3/c24-16-7-4-8-18(13-16)26-20(14-9-11-17(25)12-10-14)19(22(28)23(26)29)21(27)15-5-2-1-3-6-15/h1-13,20,27H/b21-19+. The van der Waals surface area contributed by atoms with Crippen molar-refractivity contribution >= 4 is 39.1 Å². The van der Waals surface area contributed by atoms with Gasteiger partial charge in [-0.15, -0.1) is 0 Å². The minimum atomic E-state index is -0.884. The fourth-order valence-corrected chi connectivity index (χ4v) is 3.82. The molecule has 4 nitrogen and oxygen atoms in total. The summed E-state index contributed by atoms with van der Waals surface area (Å²) < 4.78 is 14.2. The first kappa shape index (κ1) is 19.1. The van der Waals surface area contributed by atoms with Crippen molar-refractivity contribution in [3.63, 3.8) is 0 Å². The molecule has 29 heavy (non-hydrogen) atoms. The summed E-state index contributed by atoms with van der Waals surface area (Å²) in [5.74, 6) is -2.25. The SMILES string of the molecule is O=C1C(=O)N(c2cccc(Br)c2)C(c2ccc(F)cc2)/C1=C(\O)c1ccccc1. The predicted octanol–water partition coefficient (Wildman–Crippen LogP) is 5.21. The van der Waals surface area contributed by atoms with Crippen molar-refractivity contribution in [2.75, 3.05) is 4.90 Å². The molecule has 6 heteroatoms. The summed E-state index contributed by atoms with van der Waals surface area (Å²) >= 11 is 3.38. The predicted molar refractivity (Wildman–Crippen MR) is 112 cm³/mol. The Morgan fingerprint density at radius 3 is 2.28 bits per heavy atom. The highest BCUT2D eigenvalue weighted by Gasteiger charge is 2.46. The number of anilines is 1. The van der Waals surface area contributed by atoms with Gasteiger partial charge in [-0.2, -0.15) is 0 Å². The molecule has 144 valence electrons. The zero-order valence-corrected chi connectivity index (χ0v) is 16.6. The molecule has 0 radical (unpaired) electrons. The summed E-state index contributed by atoms with van der Waals surface area (Å²) in [4.78, 5) is 27.2. The number of benzene rings is 3. The van der Waals surface area contributed by atoms with Gasteiger partial charge in [0.1, 0.15) is 11.6 Å². The van der Waals surface area contributed by atoms with Crippen molar-refractivity contribution in [2.45, 2.75) is 6.04 Å². The van der Waals surface area contributed by atoms with Gasteiger partial charge in [-0.05, 0) is 35.9 Å². The molecular formula is C23H15BrFNO3. The first-order valence-corrected chi connectivity index (χ1v) is 9.64. The molecule has 1 amide bonds. The Morgan fingerprint density at radius 2 is 1.62 bits per heavy atom. The molecule has 1 saturated heterocycles. The molecule has 1 aliphatic rings. The summed E-state index contributed by atoms with van der Waals surface area (Å²) in [7, 11) is 0. The fraction of sp³-hybridized carbons (Fsp3) is 0.0435. The van der Waals surface area contributed by atoms with Crippen LogP contribution in [0.4, 0.5) is 10.1 Å². The van der Waals surface area contributed by atoms with Crippen LogP contribution in [0.15, 0.2) is 88.9 Å². The van der Waals surface area contributed by atoms with Crippen LogP contribution in [-0.2, 0) is 9.59 Å². The average Bonchev–Trinajstić information content (AvgIpc) is 2.99. The minimum Gasteiger partial charge on any atom is -0.507 e. The van der Waals surface area contributed by atoms with E-state index < -0.39 is 23.5 Å². The van der Waals surface area contributed by atoms with E-state index in [1.165, 1.54) is 29.2 Å². The van der Waals surface area contributed by atoms with Crippen LogP contribution >= 0.6 is 15.9 Å². The summed E-state index contributed by atoms with van der Waals surface area (Å²) in [6, 6.07) is 20.2. The highest BCUT2D eigenvalue weighted by molar-refractivity contribution is 9.10. The second kappa shape index (κ2) is 7.64. The van der Waals surface area contributed by atoms with E-state index in [-0.39, 0.29) is 11.3 Å². The maximum atomic E-state index is 13.5. The van der Waals surface area contributed by atoms with Crippen molar-refractivity contribution in [3.05, 3.63) is 106 Å². The number of hydrogen-bond donors (Lipinski definition) is 1. The van der Waals surface area contributed by atoms with Crippen molar-refractivity contribution < 1.29 is 19.1 Å². The van der Waals surface area contributed by atoms with Gasteiger partial charge in [0.2, 0.25) is 0 Å². The molecule has 0 aromatic heterocycles. The topological polar surface area (TPSA) is 57.6 Å². The average molecular weight is 452 g/mol. The van der Waals surface area contributed by atoms with Crippen molar-refractivity contribution in [1.29, 1.82) is 0 Å². The van der Waals surface area contributed by atoms with Crippen LogP contribution in [-0.4, -0.2) is 16.8 Å². The molecule has 0 spiro atoms. The zero-order chi connectivity index (χ0) is 20.5. The van der Waals surface area contributed by atoms with E-state index in [0.29, 0.717) is 16.8 Å². The van der Waals surface area contributed by atoms with Gasteiger partial charge >= 0.3 is 0 Å². The molecule has 1 fully saturated rings. The molecule has 4 rings (SSSR count). The number of ketones is 1. The van der Waals surface area contributed by atoms with Crippen LogP contribution in [0.5, 0.6) is 0 Å². The molecule has 0 aliphatic carbocycles. The third kappa shape index (κ3) is 3.47. The normalized spacial score (nSPS) is 18.3. The van der Waals surface area contributed by atoms with Gasteiger partial charge in [0.05, 0.1) is 11.6 Å². The van der Waals surface area contributed by atoms with E-state index in [2.05, 4.69) is 15.9 Å². The minimum absolute atomic E-state index is 0.0345. The van der Waals surface area contributed by atoms with Crippen LogP contribution in [0.2, 0.25) is 0 Å². The highest BCUT2D eigenvalue weighted by Crippen LogP contribution is 2.42. The quantitative estimate of drug-likeness (QED) is 0.337. The molecule has 0 bridgehead atoms. The van der Waals surface area contributed by atoms with Crippen molar-refractivity contribution in [1.82, 2.24) is 0 Å². The number of hydrogen-bond acceptors (Lipinski definition) is 3. The van der Waals surface area contributed by atoms with Gasteiger partial charge in [-0.1, -0.05) is 64.5 Å². The summed E-state index contributed by atoms with van der Waals surface area (Å²) in [5, 5.41) is 10.9. The molecule has 1 unspecified atom stereocenters. The van der Waals surface area contributed by atoms with E-state index >= 15 is 0 Å². The van der Waals surface area contributed by atoms with E-state index in [4.69, 9.17) is 0 Å². The van der Waals surface area contributed by atoms with Crippen LogP contribution in [0, 0.1) is 5.82 Å². The Labute approximate surface area is 175 Å². The van der Waals surface area contributed by atoms with Crippen LogP contribution in [0.25, 0.3) is 5.76 Å². The van der Waals surface area contributed by atoms with E-state index in [9.17, 15) is 19.1 Å². The summed E-state index contributed by atoms with van der Waals surface area (Å²) in [5.41, 5.74) is 1.39. The zero-order valence-electron chi connectivity index (χ0n) is 15.0. The van der Waals surface area contributed by atoms with Gasteiger partial charge in [0.15, 0.2) is 0 Å². The molecule has 1 heterocycles. The van der Waals surface area contributed by atoms with Gasteiger partial charge in [-0.3, -0.25) is 14.5 Å². The molecule has 0 saturated carbocycles. The largest absolute Gasteiger partial charge is 0.507 e. The Kier molecular flexibility index (Phi) is 5.03. The first-order chi connectivity index (χ1) is 14.0. The summed E-state index contributed by atoms with van der Waals surface area (Å²) in [6.07, 6.45) is 0. The molecule has 1 atom stereocenters. The van der Waals surface area contributed by atoms with E-state index in [1.54, 1.807) is 54.6 Å². The molecule has 1 aliphatic heterocycles. The highest BCUT2D eigenvalue weighted by atomic mass is 79.9. The monoisotopic (exact) mass is 451 g/mol. The lowest BCUT2D eigenvalue weighted by Crippen LogP contribution is -2.29. The number of nitrogens with zero attached hydrogens (tertiary/aromatic N) is 1. The third-order valence-electron chi connectivity index (χ3n) is 4.76. The maximum absolute atomic E-state index is 13.5. The lowest BCUT2D eigenvalue weighted by molar-refractivity contribution is -0.132. The van der Waals surface area contributed by atoms with E-state index in [0.717, 1.165) is 4.47 Å². The van der Waals surface area contributed by atoms with Gasteiger partial charge in [0, 0.05) is 15.7 Å². The number of rotatable bonds is 3. The first-order valence-electron chi connectivity index (χ1n) is 8.85. The number of carbonyl (C=O) groups is 2. The second-order valence-electron chi connectivity index (χ2n) is 6.57. The second-order valence-corrected chi connectivity index (χ2v) is 7.48. The number of amides is 1. The Morgan fingerprint density at radius 1 is 0.931 bits per heavy atom. The van der Waals surface area contributed by atoms with Gasteiger partial charge < -0.3 is 5.11 Å². The lowest BCUT2D eigenvalue weighted by atomic mass is 9.95. The van der Waals surface area contributed by atoms with Crippen LogP contribution < -0.4 is 4.90 Å². The molecule has 1 N–H and O–H groups in total. The number of halogens is 2. The smallest absolute Gasteiger partial charge is 0.300 e. The fourth-order valence-electron chi connectivity index (χ4n) is 3.44. The third-order valence-corrected chi connectivity index (χ3v) is 5.26. The summed E-state index contributed by atoms with van der Waals surface area (Å²) in [6.45, 7) is 0. The Bertz CT molecular complexity index is 1130. The molecular weight excluding hydrogens is 437 g/mol. The van der Waals surface area contributed by atoms with Crippen LogP contribution in [0.3, 0.4) is 0 Å². The number of aliphatic hydroxyl groups excluding tert-OH is 1. The van der Waals surface area contributed by atoms with Gasteiger partial charge in [-0.25, -0.2) is 4.39 Å². The number of aliphatic hydroxyl groups is 1. The molecule has 3 aromatic rings. The maximum Gasteiger partial charge on any atom is 0.300 e. The van der Waals surface area contributed by atoms with Crippen LogP contribution in [0.1, 0.15) is 17.2 Å². The Balaban J connectivity index is 1.96. The van der Waals surface area contributed by atoms with E-state index in [1.807, 2.05) is 0 Å². The van der Waals surface area contributed by atoms with Gasteiger partial charge in [0.25, 0.3) is 11.7 Å². The lowest BCUT2D eigenvalue weighted by Gasteiger charge is -2.25. The number of Topliss-reactive ketones (excluding diaryl/α,β-unsaturated/α-hetero) is 1. The van der Waals surface area contributed by atoms with Crippen molar-refractivity contribution in [3.8, 4) is 0 Å².